The fourth-order valence-electron chi connectivity index (χ4n) is 2.81. The Morgan fingerprint density at radius 1 is 1.12 bits per heavy atom. The summed E-state index contributed by atoms with van der Waals surface area (Å²) in [5.41, 5.74) is 2.06. The molecule has 0 spiro atoms. The van der Waals surface area contributed by atoms with Gasteiger partial charge in [0.15, 0.2) is 0 Å². The SMILES string of the molecule is CC(C)c1cccc(OC(C(=O)NCC2CNC2)c2ccccc2)c1.Cl. The lowest BCUT2D eigenvalue weighted by Crippen LogP contribution is -2.49. The molecule has 140 valence electrons. The molecule has 0 radical (unpaired) electrons. The molecule has 1 aliphatic heterocycles. The first-order valence-electron chi connectivity index (χ1n) is 8.93. The molecule has 1 saturated heterocycles. The van der Waals surface area contributed by atoms with Gasteiger partial charge in [-0.25, -0.2) is 0 Å². The molecule has 3 rings (SSSR count). The molecule has 2 aromatic carbocycles. The Morgan fingerprint density at radius 2 is 1.81 bits per heavy atom. The van der Waals surface area contributed by atoms with Gasteiger partial charge >= 0.3 is 0 Å². The molecule has 5 heteroatoms. The minimum atomic E-state index is -0.642. The molecule has 2 aromatic rings. The highest BCUT2D eigenvalue weighted by atomic mass is 35.5. The van der Waals surface area contributed by atoms with Crippen LogP contribution in [0.1, 0.15) is 37.0 Å². The summed E-state index contributed by atoms with van der Waals surface area (Å²) in [6, 6.07) is 17.7. The lowest BCUT2D eigenvalue weighted by molar-refractivity contribution is -0.128. The highest BCUT2D eigenvalue weighted by Crippen LogP contribution is 2.26. The van der Waals surface area contributed by atoms with E-state index in [4.69, 9.17) is 4.74 Å². The zero-order chi connectivity index (χ0) is 17.6. The average Bonchev–Trinajstić information content (AvgIpc) is 2.59. The fraction of sp³-hybridized carbons (Fsp3) is 0.381. The van der Waals surface area contributed by atoms with E-state index in [1.54, 1.807) is 0 Å². The van der Waals surface area contributed by atoms with E-state index in [2.05, 4.69) is 30.5 Å². The molecule has 1 aliphatic rings. The highest BCUT2D eigenvalue weighted by molar-refractivity contribution is 5.85. The molecule has 0 aliphatic carbocycles. The maximum atomic E-state index is 12.8. The van der Waals surface area contributed by atoms with Crippen LogP contribution in [-0.4, -0.2) is 25.5 Å². The Balaban J connectivity index is 0.00000243. The van der Waals surface area contributed by atoms with Gasteiger partial charge in [0, 0.05) is 31.1 Å². The Hall–Kier alpha value is -2.04. The van der Waals surface area contributed by atoms with Crippen molar-refractivity contribution in [2.75, 3.05) is 19.6 Å². The Bertz CT molecular complexity index is 702. The highest BCUT2D eigenvalue weighted by Gasteiger charge is 2.25. The van der Waals surface area contributed by atoms with Crippen molar-refractivity contribution in [1.82, 2.24) is 10.6 Å². The molecule has 1 fully saturated rings. The van der Waals surface area contributed by atoms with Crippen LogP contribution in [0.3, 0.4) is 0 Å². The molecule has 4 nitrogen and oxygen atoms in total. The minimum absolute atomic E-state index is 0. The molecular formula is C21H27ClN2O2. The van der Waals surface area contributed by atoms with Crippen molar-refractivity contribution in [1.29, 1.82) is 0 Å². The summed E-state index contributed by atoms with van der Waals surface area (Å²) in [6.45, 7) is 6.91. The van der Waals surface area contributed by atoms with Crippen LogP contribution in [0.5, 0.6) is 5.75 Å². The van der Waals surface area contributed by atoms with Gasteiger partial charge in [-0.1, -0.05) is 56.3 Å². The second-order valence-electron chi connectivity index (χ2n) is 6.91. The van der Waals surface area contributed by atoms with Gasteiger partial charge in [0.05, 0.1) is 0 Å². The van der Waals surface area contributed by atoms with Gasteiger partial charge in [0.2, 0.25) is 6.10 Å². The van der Waals surface area contributed by atoms with E-state index in [1.807, 2.05) is 48.5 Å². The summed E-state index contributed by atoms with van der Waals surface area (Å²) in [4.78, 5) is 12.8. The predicted octanol–water partition coefficient (Wildman–Crippen LogP) is 3.69. The van der Waals surface area contributed by atoms with Crippen molar-refractivity contribution in [3.63, 3.8) is 0 Å². The van der Waals surface area contributed by atoms with Crippen molar-refractivity contribution < 1.29 is 9.53 Å². The fourth-order valence-corrected chi connectivity index (χ4v) is 2.81. The summed E-state index contributed by atoms with van der Waals surface area (Å²) in [7, 11) is 0. The van der Waals surface area contributed by atoms with E-state index >= 15 is 0 Å². The van der Waals surface area contributed by atoms with Crippen molar-refractivity contribution in [2.24, 2.45) is 5.92 Å². The minimum Gasteiger partial charge on any atom is -0.476 e. The van der Waals surface area contributed by atoms with Gasteiger partial charge < -0.3 is 15.4 Å². The molecule has 1 heterocycles. The molecule has 0 saturated carbocycles. The number of benzene rings is 2. The number of carbonyl (C=O) groups is 1. The van der Waals surface area contributed by atoms with E-state index < -0.39 is 6.10 Å². The first-order valence-corrected chi connectivity index (χ1v) is 8.93. The van der Waals surface area contributed by atoms with Crippen LogP contribution in [-0.2, 0) is 4.79 Å². The van der Waals surface area contributed by atoms with Crippen molar-refractivity contribution >= 4 is 18.3 Å². The van der Waals surface area contributed by atoms with Crippen LogP contribution in [0.4, 0.5) is 0 Å². The molecule has 1 atom stereocenters. The van der Waals surface area contributed by atoms with Gasteiger partial charge in [-0.15, -0.1) is 12.4 Å². The van der Waals surface area contributed by atoms with Crippen LogP contribution in [0, 0.1) is 5.92 Å². The van der Waals surface area contributed by atoms with Crippen LogP contribution >= 0.6 is 12.4 Å². The molecule has 1 amide bonds. The van der Waals surface area contributed by atoms with Crippen molar-refractivity contribution in [3.8, 4) is 5.75 Å². The summed E-state index contributed by atoms with van der Waals surface area (Å²) in [6.07, 6.45) is -0.642. The summed E-state index contributed by atoms with van der Waals surface area (Å²) in [5.74, 6) is 1.57. The number of rotatable bonds is 7. The number of nitrogens with one attached hydrogen (secondary N) is 2. The maximum Gasteiger partial charge on any atom is 0.265 e. The summed E-state index contributed by atoms with van der Waals surface area (Å²) in [5, 5.41) is 6.26. The van der Waals surface area contributed by atoms with Gasteiger partial charge in [0.1, 0.15) is 5.75 Å². The predicted molar refractivity (Wildman–Crippen MR) is 107 cm³/mol. The van der Waals surface area contributed by atoms with Gasteiger partial charge in [-0.2, -0.15) is 0 Å². The van der Waals surface area contributed by atoms with Gasteiger partial charge in [-0.05, 0) is 23.6 Å². The summed E-state index contributed by atoms with van der Waals surface area (Å²) < 4.78 is 6.11. The Labute approximate surface area is 161 Å². The third kappa shape index (κ3) is 5.23. The summed E-state index contributed by atoms with van der Waals surface area (Å²) >= 11 is 0. The van der Waals surface area contributed by atoms with Crippen LogP contribution < -0.4 is 15.4 Å². The van der Waals surface area contributed by atoms with Gasteiger partial charge in [-0.3, -0.25) is 4.79 Å². The Morgan fingerprint density at radius 3 is 2.42 bits per heavy atom. The number of hydrogen-bond acceptors (Lipinski definition) is 3. The third-order valence-corrected chi connectivity index (χ3v) is 4.55. The largest absolute Gasteiger partial charge is 0.476 e. The average molecular weight is 375 g/mol. The van der Waals surface area contributed by atoms with E-state index in [0.717, 1.165) is 24.4 Å². The molecule has 0 aromatic heterocycles. The number of hydrogen-bond donors (Lipinski definition) is 2. The number of halogens is 1. The van der Waals surface area contributed by atoms with Crippen molar-refractivity contribution in [3.05, 3.63) is 65.7 Å². The maximum absolute atomic E-state index is 12.8. The molecule has 2 N–H and O–H groups in total. The quantitative estimate of drug-likeness (QED) is 0.777. The van der Waals surface area contributed by atoms with E-state index in [-0.39, 0.29) is 18.3 Å². The third-order valence-electron chi connectivity index (χ3n) is 4.55. The first-order chi connectivity index (χ1) is 12.1. The van der Waals surface area contributed by atoms with Crippen LogP contribution in [0.2, 0.25) is 0 Å². The Kier molecular flexibility index (Phi) is 7.49. The molecule has 0 bridgehead atoms. The molecule has 1 unspecified atom stereocenters. The molecule has 26 heavy (non-hydrogen) atoms. The van der Waals surface area contributed by atoms with Crippen molar-refractivity contribution in [2.45, 2.75) is 25.9 Å². The number of amides is 1. The normalized spacial score (nSPS) is 14.9. The first kappa shape index (κ1) is 20.3. The lowest BCUT2D eigenvalue weighted by Gasteiger charge is -2.28. The molecular weight excluding hydrogens is 348 g/mol. The second kappa shape index (κ2) is 9.60. The van der Waals surface area contributed by atoms with Crippen LogP contribution in [0.25, 0.3) is 0 Å². The van der Waals surface area contributed by atoms with Gasteiger partial charge in [0.25, 0.3) is 5.91 Å². The number of carbonyl (C=O) groups excluding carboxylic acids is 1. The second-order valence-corrected chi connectivity index (χ2v) is 6.91. The smallest absolute Gasteiger partial charge is 0.265 e. The van der Waals surface area contributed by atoms with Crippen LogP contribution in [0.15, 0.2) is 54.6 Å². The zero-order valence-electron chi connectivity index (χ0n) is 15.3. The zero-order valence-corrected chi connectivity index (χ0v) is 16.1. The van der Waals surface area contributed by atoms with E-state index in [1.165, 1.54) is 5.56 Å². The standard InChI is InChI=1S/C21H26N2O2.ClH/c1-15(2)18-9-6-10-19(11-18)25-20(17-7-4-3-5-8-17)21(24)23-14-16-12-22-13-16;/h3-11,15-16,20,22H,12-14H2,1-2H3,(H,23,24);1H. The van der Waals surface area contributed by atoms with E-state index in [0.29, 0.717) is 18.4 Å². The number of ether oxygens (including phenoxy) is 1. The lowest BCUT2D eigenvalue weighted by atomic mass is 10.0. The van der Waals surface area contributed by atoms with E-state index in [9.17, 15) is 4.79 Å². The monoisotopic (exact) mass is 374 g/mol. The topological polar surface area (TPSA) is 50.4 Å².